The second-order valence-corrected chi connectivity index (χ2v) is 5.36. The zero-order valence-corrected chi connectivity index (χ0v) is 11.7. The molecule has 1 atom stereocenters. The van der Waals surface area contributed by atoms with Gasteiger partial charge in [0.25, 0.3) is 0 Å². The molecule has 1 aliphatic rings. The highest BCUT2D eigenvalue weighted by Crippen LogP contribution is 2.27. The van der Waals surface area contributed by atoms with Crippen LogP contribution in [-0.4, -0.2) is 47.0 Å². The molecule has 2 heterocycles. The number of rotatable bonds is 5. The Bertz CT molecular complexity index is 413. The van der Waals surface area contributed by atoms with Gasteiger partial charge in [-0.05, 0) is 38.6 Å². The van der Waals surface area contributed by atoms with E-state index in [1.54, 1.807) is 23.5 Å². The van der Waals surface area contributed by atoms with Crippen molar-refractivity contribution in [2.75, 3.05) is 20.6 Å². The summed E-state index contributed by atoms with van der Waals surface area (Å²) in [4.78, 5) is 22.4. The molecule has 19 heavy (non-hydrogen) atoms. The lowest BCUT2D eigenvalue weighted by Gasteiger charge is -2.31. The number of aryl methyl sites for hydroxylation is 1. The molecule has 1 saturated heterocycles. The van der Waals surface area contributed by atoms with Crippen LogP contribution in [0.25, 0.3) is 0 Å². The first-order valence-electron chi connectivity index (χ1n) is 6.86. The van der Waals surface area contributed by atoms with Crippen molar-refractivity contribution in [2.24, 2.45) is 0 Å². The maximum atomic E-state index is 12.3. The lowest BCUT2D eigenvalue weighted by Crippen LogP contribution is -2.53. The molecule has 0 spiro atoms. The molecule has 5 nitrogen and oxygen atoms in total. The molecule has 1 aromatic heterocycles. The summed E-state index contributed by atoms with van der Waals surface area (Å²) in [6, 6.07) is 0. The van der Waals surface area contributed by atoms with Gasteiger partial charge in [0.15, 0.2) is 0 Å². The van der Waals surface area contributed by atoms with E-state index in [9.17, 15) is 4.79 Å². The SMILES string of the molecule is CN(C)C(=O)[C@]1(CCCc2cnccn2)CCCN1. The fourth-order valence-electron chi connectivity index (χ4n) is 2.77. The normalized spacial score (nSPS) is 22.4. The third-order valence-corrected chi connectivity index (χ3v) is 3.71. The number of aromatic nitrogens is 2. The van der Waals surface area contributed by atoms with Gasteiger partial charge in [-0.1, -0.05) is 0 Å². The van der Waals surface area contributed by atoms with Gasteiger partial charge in [0.2, 0.25) is 5.91 Å². The van der Waals surface area contributed by atoms with Crippen LogP contribution in [0.1, 0.15) is 31.4 Å². The molecule has 1 aromatic rings. The Kier molecular flexibility index (Phi) is 4.47. The van der Waals surface area contributed by atoms with Crippen molar-refractivity contribution in [3.63, 3.8) is 0 Å². The number of nitrogens with zero attached hydrogens (tertiary/aromatic N) is 3. The third-order valence-electron chi connectivity index (χ3n) is 3.71. The van der Waals surface area contributed by atoms with Crippen molar-refractivity contribution in [2.45, 2.75) is 37.6 Å². The number of likely N-dealkylation sites (N-methyl/N-ethyl adjacent to an activating group) is 1. The van der Waals surface area contributed by atoms with E-state index in [-0.39, 0.29) is 11.4 Å². The van der Waals surface area contributed by atoms with E-state index < -0.39 is 0 Å². The molecule has 5 heteroatoms. The molecule has 104 valence electrons. The summed E-state index contributed by atoms with van der Waals surface area (Å²) in [7, 11) is 3.65. The topological polar surface area (TPSA) is 58.1 Å². The zero-order chi connectivity index (χ0) is 13.7. The summed E-state index contributed by atoms with van der Waals surface area (Å²) < 4.78 is 0. The molecule has 1 N–H and O–H groups in total. The minimum absolute atomic E-state index is 0.198. The molecular formula is C14H22N4O. The fourth-order valence-corrected chi connectivity index (χ4v) is 2.77. The van der Waals surface area contributed by atoms with Crippen LogP contribution >= 0.6 is 0 Å². The van der Waals surface area contributed by atoms with E-state index in [2.05, 4.69) is 15.3 Å². The summed E-state index contributed by atoms with van der Waals surface area (Å²) >= 11 is 0. The standard InChI is InChI=1S/C14H22N4O/c1-18(2)13(19)14(7-4-8-17-14)6-3-5-12-11-15-9-10-16-12/h9-11,17H,3-8H2,1-2H3/t14-/m0/s1. The van der Waals surface area contributed by atoms with E-state index >= 15 is 0 Å². The van der Waals surface area contributed by atoms with Gasteiger partial charge in [0.05, 0.1) is 11.2 Å². The molecule has 0 aromatic carbocycles. The molecule has 0 radical (unpaired) electrons. The van der Waals surface area contributed by atoms with Crippen LogP contribution in [0.2, 0.25) is 0 Å². The second-order valence-electron chi connectivity index (χ2n) is 5.36. The number of nitrogens with one attached hydrogen (secondary N) is 1. The first-order valence-corrected chi connectivity index (χ1v) is 6.86. The molecule has 1 amide bonds. The fraction of sp³-hybridized carbons (Fsp3) is 0.643. The molecule has 0 saturated carbocycles. The second kappa shape index (κ2) is 6.10. The molecule has 1 aliphatic heterocycles. The van der Waals surface area contributed by atoms with E-state index in [1.165, 1.54) is 0 Å². The monoisotopic (exact) mass is 262 g/mol. The summed E-state index contributed by atoms with van der Waals surface area (Å²) in [5.41, 5.74) is 0.638. The molecule has 0 aliphatic carbocycles. The Balaban J connectivity index is 1.93. The van der Waals surface area contributed by atoms with Gasteiger partial charge in [-0.25, -0.2) is 0 Å². The van der Waals surface area contributed by atoms with Gasteiger partial charge >= 0.3 is 0 Å². The van der Waals surface area contributed by atoms with Gasteiger partial charge in [0, 0.05) is 32.7 Å². The number of hydrogen-bond donors (Lipinski definition) is 1. The Labute approximate surface area is 114 Å². The van der Waals surface area contributed by atoms with Crippen LogP contribution in [0.4, 0.5) is 0 Å². The lowest BCUT2D eigenvalue weighted by atomic mass is 9.89. The van der Waals surface area contributed by atoms with Crippen LogP contribution in [0.3, 0.4) is 0 Å². The van der Waals surface area contributed by atoms with Crippen molar-refractivity contribution >= 4 is 5.91 Å². The average Bonchev–Trinajstić information content (AvgIpc) is 2.89. The van der Waals surface area contributed by atoms with Crippen LogP contribution < -0.4 is 5.32 Å². The molecule has 0 unspecified atom stereocenters. The zero-order valence-electron chi connectivity index (χ0n) is 11.7. The Morgan fingerprint density at radius 1 is 1.47 bits per heavy atom. The summed E-state index contributed by atoms with van der Waals surface area (Å²) in [5.74, 6) is 0.198. The van der Waals surface area contributed by atoms with Gasteiger partial charge in [0.1, 0.15) is 0 Å². The van der Waals surface area contributed by atoms with E-state index in [4.69, 9.17) is 0 Å². The first-order chi connectivity index (χ1) is 9.14. The number of hydrogen-bond acceptors (Lipinski definition) is 4. The van der Waals surface area contributed by atoms with Crippen LogP contribution in [0.5, 0.6) is 0 Å². The van der Waals surface area contributed by atoms with Crippen LogP contribution in [-0.2, 0) is 11.2 Å². The molecular weight excluding hydrogens is 240 g/mol. The Morgan fingerprint density at radius 2 is 2.32 bits per heavy atom. The Hall–Kier alpha value is -1.49. The number of carbonyl (C=O) groups excluding carboxylic acids is 1. The van der Waals surface area contributed by atoms with Crippen molar-refractivity contribution in [3.8, 4) is 0 Å². The smallest absolute Gasteiger partial charge is 0.242 e. The summed E-state index contributed by atoms with van der Waals surface area (Å²) in [6.45, 7) is 0.935. The summed E-state index contributed by atoms with van der Waals surface area (Å²) in [5, 5.41) is 3.41. The highest BCUT2D eigenvalue weighted by Gasteiger charge is 2.41. The maximum absolute atomic E-state index is 12.3. The lowest BCUT2D eigenvalue weighted by molar-refractivity contribution is -0.135. The van der Waals surface area contributed by atoms with Crippen molar-refractivity contribution in [1.82, 2.24) is 20.2 Å². The summed E-state index contributed by atoms with van der Waals surface area (Å²) in [6.07, 6.45) is 9.88. The minimum atomic E-state index is -0.355. The quantitative estimate of drug-likeness (QED) is 0.860. The van der Waals surface area contributed by atoms with Gasteiger partial charge in [-0.3, -0.25) is 14.8 Å². The van der Waals surface area contributed by atoms with Crippen molar-refractivity contribution in [3.05, 3.63) is 24.3 Å². The number of carbonyl (C=O) groups is 1. The molecule has 2 rings (SSSR count). The first kappa shape index (κ1) is 13.9. The van der Waals surface area contributed by atoms with E-state index in [0.29, 0.717) is 0 Å². The van der Waals surface area contributed by atoms with E-state index in [1.807, 2.05) is 14.1 Å². The van der Waals surface area contributed by atoms with Crippen LogP contribution in [0, 0.1) is 0 Å². The predicted octanol–water partition coefficient (Wildman–Crippen LogP) is 1.01. The highest BCUT2D eigenvalue weighted by molar-refractivity contribution is 5.86. The third kappa shape index (κ3) is 3.29. The average molecular weight is 262 g/mol. The van der Waals surface area contributed by atoms with Crippen molar-refractivity contribution in [1.29, 1.82) is 0 Å². The minimum Gasteiger partial charge on any atom is -0.347 e. The van der Waals surface area contributed by atoms with Gasteiger partial charge in [-0.2, -0.15) is 0 Å². The maximum Gasteiger partial charge on any atom is 0.242 e. The molecule has 0 bridgehead atoms. The Morgan fingerprint density at radius 3 is 2.89 bits per heavy atom. The highest BCUT2D eigenvalue weighted by atomic mass is 16.2. The van der Waals surface area contributed by atoms with Gasteiger partial charge < -0.3 is 10.2 Å². The largest absolute Gasteiger partial charge is 0.347 e. The number of amides is 1. The van der Waals surface area contributed by atoms with Crippen molar-refractivity contribution < 1.29 is 4.79 Å². The molecule has 1 fully saturated rings. The van der Waals surface area contributed by atoms with E-state index in [0.717, 1.165) is 44.3 Å². The van der Waals surface area contributed by atoms with Gasteiger partial charge in [-0.15, -0.1) is 0 Å². The predicted molar refractivity (Wildman–Crippen MR) is 73.6 cm³/mol. The van der Waals surface area contributed by atoms with Crippen LogP contribution in [0.15, 0.2) is 18.6 Å².